The van der Waals surface area contributed by atoms with Crippen molar-refractivity contribution >= 4 is 0 Å². The van der Waals surface area contributed by atoms with E-state index in [1.165, 1.54) is 44.3 Å². The Labute approximate surface area is 122 Å². The van der Waals surface area contributed by atoms with Crippen LogP contribution in [0.5, 0.6) is 0 Å². The number of nitrogens with one attached hydrogen (secondary N) is 1. The average Bonchev–Trinajstić information content (AvgIpc) is 2.87. The minimum atomic E-state index is 0.414. The van der Waals surface area contributed by atoms with E-state index < -0.39 is 0 Å². The highest BCUT2D eigenvalue weighted by molar-refractivity contribution is 5.03. The molecule has 4 nitrogen and oxygen atoms in total. The summed E-state index contributed by atoms with van der Waals surface area (Å²) in [6.07, 6.45) is 9.96. The van der Waals surface area contributed by atoms with Gasteiger partial charge in [0.05, 0.1) is 0 Å². The first-order chi connectivity index (χ1) is 9.69. The van der Waals surface area contributed by atoms with Gasteiger partial charge in [0.25, 0.3) is 0 Å². The molecule has 0 aromatic carbocycles. The monoisotopic (exact) mass is 276 g/mol. The Morgan fingerprint density at radius 3 is 2.85 bits per heavy atom. The smallest absolute Gasteiger partial charge is 0.0492 e. The van der Waals surface area contributed by atoms with Crippen molar-refractivity contribution in [3.8, 4) is 0 Å². The SMILES string of the molecule is CC1CNC2(CCCCC2)CN1CCc1ccnn1C. The van der Waals surface area contributed by atoms with Gasteiger partial charge in [-0.25, -0.2) is 0 Å². The molecule has 20 heavy (non-hydrogen) atoms. The second kappa shape index (κ2) is 5.86. The van der Waals surface area contributed by atoms with E-state index in [4.69, 9.17) is 0 Å². The highest BCUT2D eigenvalue weighted by Crippen LogP contribution is 2.31. The molecule has 2 aliphatic rings. The van der Waals surface area contributed by atoms with Crippen LogP contribution >= 0.6 is 0 Å². The summed E-state index contributed by atoms with van der Waals surface area (Å²) < 4.78 is 2.00. The quantitative estimate of drug-likeness (QED) is 0.916. The van der Waals surface area contributed by atoms with E-state index in [0.717, 1.165) is 19.5 Å². The Balaban J connectivity index is 1.60. The molecule has 0 bridgehead atoms. The molecule has 1 saturated carbocycles. The van der Waals surface area contributed by atoms with Gasteiger partial charge < -0.3 is 5.32 Å². The number of aryl methyl sites for hydroxylation is 1. The average molecular weight is 276 g/mol. The first-order valence-electron chi connectivity index (χ1n) is 8.15. The zero-order chi connectivity index (χ0) is 14.0. The zero-order valence-corrected chi connectivity index (χ0v) is 12.9. The summed E-state index contributed by atoms with van der Waals surface area (Å²) in [6.45, 7) is 5.88. The number of nitrogens with zero attached hydrogens (tertiary/aromatic N) is 3. The lowest BCUT2D eigenvalue weighted by molar-refractivity contribution is 0.0634. The highest BCUT2D eigenvalue weighted by atomic mass is 15.3. The predicted octanol–water partition coefficient (Wildman–Crippen LogP) is 1.96. The van der Waals surface area contributed by atoms with Crippen LogP contribution in [0.15, 0.2) is 12.3 Å². The fourth-order valence-electron chi connectivity index (χ4n) is 3.86. The van der Waals surface area contributed by atoms with E-state index in [9.17, 15) is 0 Å². The van der Waals surface area contributed by atoms with Crippen LogP contribution in [0.4, 0.5) is 0 Å². The summed E-state index contributed by atoms with van der Waals surface area (Å²) in [5.41, 5.74) is 1.76. The van der Waals surface area contributed by atoms with Gasteiger partial charge in [-0.2, -0.15) is 5.10 Å². The molecule has 1 aromatic heterocycles. The van der Waals surface area contributed by atoms with Gasteiger partial charge in [-0.05, 0) is 25.8 Å². The molecule has 1 saturated heterocycles. The lowest BCUT2D eigenvalue weighted by atomic mass is 9.79. The number of piperazine rings is 1. The molecule has 112 valence electrons. The van der Waals surface area contributed by atoms with Gasteiger partial charge in [-0.15, -0.1) is 0 Å². The fourth-order valence-corrected chi connectivity index (χ4v) is 3.86. The van der Waals surface area contributed by atoms with Gasteiger partial charge in [0.1, 0.15) is 0 Å². The summed E-state index contributed by atoms with van der Waals surface area (Å²) in [5.74, 6) is 0. The van der Waals surface area contributed by atoms with Crippen molar-refractivity contribution in [3.05, 3.63) is 18.0 Å². The molecule has 2 fully saturated rings. The molecule has 1 aliphatic heterocycles. The highest BCUT2D eigenvalue weighted by Gasteiger charge is 2.38. The van der Waals surface area contributed by atoms with E-state index in [1.807, 2.05) is 17.9 Å². The molecule has 1 aliphatic carbocycles. The van der Waals surface area contributed by atoms with Gasteiger partial charge in [0, 0.05) is 56.6 Å². The van der Waals surface area contributed by atoms with Crippen LogP contribution in [0.2, 0.25) is 0 Å². The van der Waals surface area contributed by atoms with E-state index in [-0.39, 0.29) is 0 Å². The van der Waals surface area contributed by atoms with E-state index in [1.54, 1.807) is 0 Å². The van der Waals surface area contributed by atoms with Crippen LogP contribution in [-0.4, -0.2) is 45.9 Å². The van der Waals surface area contributed by atoms with Crippen LogP contribution in [-0.2, 0) is 13.5 Å². The van der Waals surface area contributed by atoms with Crippen molar-refractivity contribution in [2.24, 2.45) is 7.05 Å². The Bertz CT molecular complexity index is 433. The van der Waals surface area contributed by atoms with Crippen molar-refractivity contribution in [3.63, 3.8) is 0 Å². The predicted molar refractivity (Wildman–Crippen MR) is 81.8 cm³/mol. The lowest BCUT2D eigenvalue weighted by Gasteiger charge is -2.49. The standard InChI is InChI=1S/C16H28N4/c1-14-12-17-16(8-4-3-5-9-16)13-20(14)11-7-15-6-10-18-19(15)2/h6,10,14,17H,3-5,7-9,11-13H2,1-2H3. The molecular weight excluding hydrogens is 248 g/mol. The normalized spacial score (nSPS) is 27.0. The number of hydrogen-bond donors (Lipinski definition) is 1. The molecule has 0 amide bonds. The Morgan fingerprint density at radius 2 is 2.15 bits per heavy atom. The summed E-state index contributed by atoms with van der Waals surface area (Å²) in [5, 5.41) is 8.13. The van der Waals surface area contributed by atoms with Crippen LogP contribution in [0.25, 0.3) is 0 Å². The topological polar surface area (TPSA) is 33.1 Å². The van der Waals surface area contributed by atoms with Crippen molar-refractivity contribution < 1.29 is 0 Å². The van der Waals surface area contributed by atoms with Gasteiger partial charge in [0.15, 0.2) is 0 Å². The summed E-state index contributed by atoms with van der Waals surface area (Å²) in [4.78, 5) is 2.69. The van der Waals surface area contributed by atoms with Crippen molar-refractivity contribution in [2.75, 3.05) is 19.6 Å². The molecular formula is C16H28N4. The zero-order valence-electron chi connectivity index (χ0n) is 12.9. The van der Waals surface area contributed by atoms with Crippen molar-refractivity contribution in [2.45, 2.75) is 57.0 Å². The first-order valence-corrected chi connectivity index (χ1v) is 8.15. The number of hydrogen-bond acceptors (Lipinski definition) is 3. The number of rotatable bonds is 3. The van der Waals surface area contributed by atoms with Crippen LogP contribution in [0.3, 0.4) is 0 Å². The molecule has 1 N–H and O–H groups in total. The van der Waals surface area contributed by atoms with Gasteiger partial charge in [0.2, 0.25) is 0 Å². The van der Waals surface area contributed by atoms with E-state index in [2.05, 4.69) is 28.3 Å². The van der Waals surface area contributed by atoms with Gasteiger partial charge >= 0.3 is 0 Å². The second-order valence-electron chi connectivity index (χ2n) is 6.74. The third-order valence-electron chi connectivity index (χ3n) is 5.29. The van der Waals surface area contributed by atoms with Crippen LogP contribution in [0.1, 0.15) is 44.7 Å². The lowest BCUT2D eigenvalue weighted by Crippen LogP contribution is -2.64. The van der Waals surface area contributed by atoms with E-state index >= 15 is 0 Å². The minimum absolute atomic E-state index is 0.414. The van der Waals surface area contributed by atoms with Gasteiger partial charge in [-0.3, -0.25) is 9.58 Å². The van der Waals surface area contributed by atoms with E-state index in [0.29, 0.717) is 11.6 Å². The molecule has 3 rings (SSSR count). The summed E-state index contributed by atoms with van der Waals surface area (Å²) in [6, 6.07) is 2.79. The Hall–Kier alpha value is -0.870. The largest absolute Gasteiger partial charge is 0.308 e. The van der Waals surface area contributed by atoms with Crippen LogP contribution < -0.4 is 5.32 Å². The molecule has 4 heteroatoms. The number of aromatic nitrogens is 2. The third-order valence-corrected chi connectivity index (χ3v) is 5.29. The van der Waals surface area contributed by atoms with Crippen LogP contribution in [0, 0.1) is 0 Å². The molecule has 1 atom stereocenters. The Morgan fingerprint density at radius 1 is 1.35 bits per heavy atom. The maximum absolute atomic E-state index is 4.27. The van der Waals surface area contributed by atoms with Crippen molar-refractivity contribution in [1.29, 1.82) is 0 Å². The van der Waals surface area contributed by atoms with Gasteiger partial charge in [-0.1, -0.05) is 19.3 Å². The fraction of sp³-hybridized carbons (Fsp3) is 0.812. The van der Waals surface area contributed by atoms with Crippen molar-refractivity contribution in [1.82, 2.24) is 20.0 Å². The second-order valence-corrected chi connectivity index (χ2v) is 6.74. The molecule has 1 spiro atoms. The Kier molecular flexibility index (Phi) is 4.13. The summed E-state index contributed by atoms with van der Waals surface area (Å²) >= 11 is 0. The molecule has 2 heterocycles. The first kappa shape index (κ1) is 14.1. The molecule has 1 unspecified atom stereocenters. The third kappa shape index (κ3) is 2.91. The maximum atomic E-state index is 4.27. The molecule has 0 radical (unpaired) electrons. The minimum Gasteiger partial charge on any atom is -0.308 e. The maximum Gasteiger partial charge on any atom is 0.0492 e. The molecule has 1 aromatic rings. The summed E-state index contributed by atoms with van der Waals surface area (Å²) in [7, 11) is 2.04.